The van der Waals surface area contributed by atoms with Crippen molar-refractivity contribution in [3.63, 3.8) is 0 Å². The van der Waals surface area contributed by atoms with Crippen molar-refractivity contribution in [3.05, 3.63) is 79.5 Å². The molecule has 0 spiro atoms. The minimum Gasteiger partial charge on any atom is -0.470 e. The lowest BCUT2D eigenvalue weighted by atomic mass is 10.2. The van der Waals surface area contributed by atoms with Gasteiger partial charge in [0, 0.05) is 53.4 Å². The number of carbonyl (C=O) groups excluding carboxylic acids is 1. The van der Waals surface area contributed by atoms with Crippen LogP contribution >= 0.6 is 50.7 Å². The van der Waals surface area contributed by atoms with E-state index in [-0.39, 0.29) is 12.6 Å². The second-order valence-electron chi connectivity index (χ2n) is 7.39. The van der Waals surface area contributed by atoms with E-state index in [1.54, 1.807) is 35.1 Å². The Labute approximate surface area is 209 Å². The maximum absolute atomic E-state index is 12.9. The van der Waals surface area contributed by atoms with E-state index in [9.17, 15) is 4.79 Å². The second-order valence-corrected chi connectivity index (χ2v) is 9.56. The van der Waals surface area contributed by atoms with E-state index in [4.69, 9.17) is 39.5 Å². The van der Waals surface area contributed by atoms with Gasteiger partial charge in [-0.05, 0) is 42.0 Å². The number of ether oxygens (including phenoxy) is 1. The lowest BCUT2D eigenvalue weighted by Gasteiger charge is -2.34. The van der Waals surface area contributed by atoms with Crippen molar-refractivity contribution in [1.29, 1.82) is 0 Å². The first-order chi connectivity index (χ1) is 15.4. The molecule has 0 atom stereocenters. The predicted octanol–water partition coefficient (Wildman–Crippen LogP) is 5.60. The summed E-state index contributed by atoms with van der Waals surface area (Å²) in [6, 6.07) is 12.6. The summed E-state index contributed by atoms with van der Waals surface area (Å²) in [5, 5.41) is 6.14. The number of piperazine rings is 1. The van der Waals surface area contributed by atoms with Gasteiger partial charge >= 0.3 is 0 Å². The van der Waals surface area contributed by atoms with Crippen LogP contribution in [0.25, 0.3) is 0 Å². The van der Waals surface area contributed by atoms with E-state index < -0.39 is 0 Å². The Morgan fingerprint density at radius 3 is 2.50 bits per heavy atom. The molecule has 10 heteroatoms. The van der Waals surface area contributed by atoms with Crippen LogP contribution in [0.5, 0.6) is 5.75 Å². The molecule has 0 saturated carbocycles. The largest absolute Gasteiger partial charge is 0.470 e. The van der Waals surface area contributed by atoms with Gasteiger partial charge in [-0.2, -0.15) is 5.10 Å². The number of halogens is 4. The fourth-order valence-electron chi connectivity index (χ4n) is 3.44. The van der Waals surface area contributed by atoms with Crippen molar-refractivity contribution < 1.29 is 9.53 Å². The molecule has 1 aliphatic rings. The summed E-state index contributed by atoms with van der Waals surface area (Å²) < 4.78 is 8.15. The van der Waals surface area contributed by atoms with E-state index >= 15 is 0 Å². The zero-order valence-electron chi connectivity index (χ0n) is 17.0. The number of hydrogen-bond donors (Lipinski definition) is 0. The fourth-order valence-corrected chi connectivity index (χ4v) is 4.63. The lowest BCUT2D eigenvalue weighted by Crippen LogP contribution is -2.48. The van der Waals surface area contributed by atoms with Gasteiger partial charge in [-0.1, -0.05) is 56.8 Å². The highest BCUT2D eigenvalue weighted by Crippen LogP contribution is 2.28. The minimum absolute atomic E-state index is 0.0883. The van der Waals surface area contributed by atoms with Gasteiger partial charge in [0.1, 0.15) is 5.75 Å². The molecule has 0 unspecified atom stereocenters. The highest BCUT2D eigenvalue weighted by Gasteiger charge is 2.24. The van der Waals surface area contributed by atoms with Crippen molar-refractivity contribution in [2.24, 2.45) is 0 Å². The Kier molecular flexibility index (Phi) is 7.63. The van der Waals surface area contributed by atoms with Gasteiger partial charge < -0.3 is 9.64 Å². The molecule has 0 radical (unpaired) electrons. The lowest BCUT2D eigenvalue weighted by molar-refractivity contribution is 0.0621. The highest BCUT2D eigenvalue weighted by molar-refractivity contribution is 9.10. The topological polar surface area (TPSA) is 50.6 Å². The number of hydrogen-bond acceptors (Lipinski definition) is 4. The molecule has 32 heavy (non-hydrogen) atoms. The van der Waals surface area contributed by atoms with Crippen molar-refractivity contribution in [1.82, 2.24) is 19.6 Å². The summed E-state index contributed by atoms with van der Waals surface area (Å²) in [7, 11) is 0. The molecule has 1 saturated heterocycles. The molecular weight excluding hydrogens is 539 g/mol. The Hall–Kier alpha value is -1.77. The second kappa shape index (κ2) is 10.4. The molecule has 0 bridgehead atoms. The van der Waals surface area contributed by atoms with Crippen LogP contribution in [0.3, 0.4) is 0 Å². The standard InChI is InChI=1S/C22H20BrCl3N4O2/c23-16-2-4-21(19(26)11-16)32-14-30-6-5-20(27-30)22(31)29-9-7-28(8-10-29)13-15-1-3-17(24)12-18(15)25/h1-6,11-12H,7-10,13-14H2. The molecular formula is C22H20BrCl3N4O2. The van der Waals surface area contributed by atoms with Crippen LogP contribution in [0, 0.1) is 0 Å². The highest BCUT2D eigenvalue weighted by atomic mass is 79.9. The van der Waals surface area contributed by atoms with Gasteiger partial charge in [0.05, 0.1) is 5.02 Å². The minimum atomic E-state index is -0.0883. The number of aromatic nitrogens is 2. The first-order valence-corrected chi connectivity index (χ1v) is 11.9. The summed E-state index contributed by atoms with van der Waals surface area (Å²) in [6.45, 7) is 3.66. The van der Waals surface area contributed by atoms with E-state index in [0.717, 1.165) is 29.7 Å². The van der Waals surface area contributed by atoms with Crippen LogP contribution in [0.2, 0.25) is 15.1 Å². The normalized spacial score (nSPS) is 14.6. The Morgan fingerprint density at radius 2 is 1.78 bits per heavy atom. The van der Waals surface area contributed by atoms with Gasteiger partial charge in [0.2, 0.25) is 0 Å². The summed E-state index contributed by atoms with van der Waals surface area (Å²) in [6.07, 6.45) is 1.72. The van der Waals surface area contributed by atoms with E-state index in [1.165, 1.54) is 0 Å². The summed E-state index contributed by atoms with van der Waals surface area (Å²) in [4.78, 5) is 17.0. The third-order valence-corrected chi connectivity index (χ3v) is 6.55. The summed E-state index contributed by atoms with van der Waals surface area (Å²) in [5.41, 5.74) is 1.42. The third kappa shape index (κ3) is 5.77. The molecule has 2 heterocycles. The van der Waals surface area contributed by atoms with Gasteiger partial charge in [-0.15, -0.1) is 0 Å². The number of amides is 1. The van der Waals surface area contributed by atoms with Crippen LogP contribution in [-0.2, 0) is 13.3 Å². The molecule has 6 nitrogen and oxygen atoms in total. The van der Waals surface area contributed by atoms with Crippen molar-refractivity contribution in [2.45, 2.75) is 13.3 Å². The molecule has 1 aromatic heterocycles. The molecule has 1 amide bonds. The van der Waals surface area contributed by atoms with Crippen molar-refractivity contribution >= 4 is 56.6 Å². The number of benzene rings is 2. The van der Waals surface area contributed by atoms with Crippen LogP contribution < -0.4 is 4.74 Å². The smallest absolute Gasteiger partial charge is 0.274 e. The number of nitrogens with zero attached hydrogens (tertiary/aromatic N) is 4. The summed E-state index contributed by atoms with van der Waals surface area (Å²) >= 11 is 21.8. The van der Waals surface area contributed by atoms with Crippen molar-refractivity contribution in [2.75, 3.05) is 26.2 Å². The van der Waals surface area contributed by atoms with Crippen LogP contribution in [0.15, 0.2) is 53.1 Å². The van der Waals surface area contributed by atoms with Gasteiger partial charge in [-0.3, -0.25) is 9.69 Å². The van der Waals surface area contributed by atoms with E-state index in [2.05, 4.69) is 25.9 Å². The summed E-state index contributed by atoms with van der Waals surface area (Å²) in [5.74, 6) is 0.463. The molecule has 2 aromatic carbocycles. The van der Waals surface area contributed by atoms with E-state index in [1.807, 2.05) is 23.1 Å². The van der Waals surface area contributed by atoms with Crippen LogP contribution in [0.4, 0.5) is 0 Å². The Balaban J connectivity index is 1.29. The zero-order valence-corrected chi connectivity index (χ0v) is 20.8. The van der Waals surface area contributed by atoms with Gasteiger partial charge in [0.25, 0.3) is 5.91 Å². The molecule has 3 aromatic rings. The van der Waals surface area contributed by atoms with Gasteiger partial charge in [0.15, 0.2) is 12.4 Å². The SMILES string of the molecule is O=C(c1ccn(COc2ccc(Br)cc2Cl)n1)N1CCN(Cc2ccc(Cl)cc2Cl)CC1. The van der Waals surface area contributed by atoms with Crippen molar-refractivity contribution in [3.8, 4) is 5.75 Å². The Morgan fingerprint density at radius 1 is 1.00 bits per heavy atom. The Bertz CT molecular complexity index is 1120. The zero-order chi connectivity index (χ0) is 22.7. The fraction of sp³-hybridized carbons (Fsp3) is 0.273. The molecule has 0 aliphatic carbocycles. The molecule has 0 N–H and O–H groups in total. The maximum Gasteiger partial charge on any atom is 0.274 e. The maximum atomic E-state index is 12.9. The molecule has 1 aliphatic heterocycles. The molecule has 168 valence electrons. The van der Waals surface area contributed by atoms with Crippen LogP contribution in [-0.4, -0.2) is 51.7 Å². The molecule has 1 fully saturated rings. The first kappa shape index (κ1) is 23.4. The quantitative estimate of drug-likeness (QED) is 0.395. The van der Waals surface area contributed by atoms with E-state index in [0.29, 0.717) is 39.6 Å². The average Bonchev–Trinajstić information content (AvgIpc) is 3.24. The number of carbonyl (C=O) groups is 1. The predicted molar refractivity (Wildman–Crippen MR) is 130 cm³/mol. The van der Waals surface area contributed by atoms with Gasteiger partial charge in [-0.25, -0.2) is 4.68 Å². The first-order valence-electron chi connectivity index (χ1n) is 9.96. The molecule has 4 rings (SSSR count). The van der Waals surface area contributed by atoms with Crippen LogP contribution in [0.1, 0.15) is 16.1 Å². The average molecular weight is 559 g/mol. The monoisotopic (exact) mass is 556 g/mol. The number of rotatable bonds is 6. The third-order valence-electron chi connectivity index (χ3n) is 5.17.